The molecule has 4 heterocycles. The average molecular weight is 419 g/mol. The van der Waals surface area contributed by atoms with Gasteiger partial charge >= 0.3 is 12.1 Å². The molecule has 0 N–H and O–H groups in total. The zero-order chi connectivity index (χ0) is 20.4. The van der Waals surface area contributed by atoms with Crippen LogP contribution in [0.3, 0.4) is 0 Å². The van der Waals surface area contributed by atoms with Crippen molar-refractivity contribution in [2.75, 3.05) is 4.90 Å². The van der Waals surface area contributed by atoms with E-state index in [2.05, 4.69) is 34.6 Å². The summed E-state index contributed by atoms with van der Waals surface area (Å²) in [5.41, 5.74) is 0. The smallest absolute Gasteiger partial charge is 0.329 e. The average Bonchev–Trinajstić information content (AvgIpc) is 3.39. The maximum Gasteiger partial charge on any atom is 0.471 e. The minimum absolute atomic E-state index is 0.119. The van der Waals surface area contributed by atoms with Crippen molar-refractivity contribution in [3.63, 3.8) is 0 Å². The predicted molar refractivity (Wildman–Crippen MR) is 97.2 cm³/mol. The van der Waals surface area contributed by atoms with Crippen LogP contribution in [0.4, 0.5) is 24.8 Å². The van der Waals surface area contributed by atoms with E-state index in [1.807, 2.05) is 11.8 Å². The van der Waals surface area contributed by atoms with Crippen LogP contribution in [0.1, 0.15) is 23.7 Å². The van der Waals surface area contributed by atoms with Crippen molar-refractivity contribution in [3.05, 3.63) is 60.1 Å². The predicted octanol–water partition coefficient (Wildman–Crippen LogP) is 4.30. The van der Waals surface area contributed by atoms with Crippen LogP contribution in [0.2, 0.25) is 0 Å². The van der Waals surface area contributed by atoms with Gasteiger partial charge in [0.25, 0.3) is 0 Å². The minimum Gasteiger partial charge on any atom is -0.329 e. The van der Waals surface area contributed by atoms with Gasteiger partial charge in [0.15, 0.2) is 11.6 Å². The number of nitrogens with zero attached hydrogens (tertiary/aromatic N) is 7. The highest BCUT2D eigenvalue weighted by atomic mass is 32.1. The van der Waals surface area contributed by atoms with Crippen molar-refractivity contribution in [1.82, 2.24) is 30.1 Å². The fraction of sp³-hybridized carbons (Fsp3) is 0.176. The number of thiophene rings is 1. The maximum atomic E-state index is 12.7. The Bertz CT molecular complexity index is 1050. The molecule has 148 valence electrons. The van der Waals surface area contributed by atoms with Crippen molar-refractivity contribution < 1.29 is 17.7 Å². The number of rotatable bonds is 5. The van der Waals surface area contributed by atoms with Crippen molar-refractivity contribution in [3.8, 4) is 10.7 Å². The number of hydrogen-bond acceptors (Lipinski definition) is 9. The monoisotopic (exact) mass is 419 g/mol. The molecule has 0 aromatic carbocycles. The highest BCUT2D eigenvalue weighted by molar-refractivity contribution is 7.15. The molecule has 0 aliphatic rings. The Morgan fingerprint density at radius 3 is 2.17 bits per heavy atom. The van der Waals surface area contributed by atoms with E-state index in [-0.39, 0.29) is 11.9 Å². The van der Waals surface area contributed by atoms with Gasteiger partial charge in [-0.15, -0.1) is 11.3 Å². The van der Waals surface area contributed by atoms with E-state index >= 15 is 0 Å². The number of alkyl halides is 3. The van der Waals surface area contributed by atoms with Crippen molar-refractivity contribution >= 4 is 23.0 Å². The van der Waals surface area contributed by atoms with Gasteiger partial charge in [-0.05, 0) is 19.1 Å². The fourth-order valence-corrected chi connectivity index (χ4v) is 3.59. The van der Waals surface area contributed by atoms with E-state index in [0.29, 0.717) is 16.5 Å². The first-order valence-corrected chi connectivity index (χ1v) is 9.07. The first-order chi connectivity index (χ1) is 13.9. The van der Waals surface area contributed by atoms with Gasteiger partial charge in [0.05, 0.1) is 23.3 Å². The molecule has 0 aliphatic carbocycles. The third-order valence-electron chi connectivity index (χ3n) is 3.91. The number of aromatic nitrogens is 6. The van der Waals surface area contributed by atoms with Crippen molar-refractivity contribution in [2.24, 2.45) is 0 Å². The fourth-order valence-electron chi connectivity index (χ4n) is 2.61. The number of halogens is 3. The molecular weight excluding hydrogens is 407 g/mol. The summed E-state index contributed by atoms with van der Waals surface area (Å²) in [6.45, 7) is 1.91. The van der Waals surface area contributed by atoms with Gasteiger partial charge in [-0.2, -0.15) is 18.2 Å². The molecule has 4 aromatic rings. The van der Waals surface area contributed by atoms with E-state index in [0.717, 1.165) is 4.88 Å². The SMILES string of the molecule is CC(c1ccc(-c2noc(C(F)(F)F)n2)s1)N(c1cnccn1)c1cnccn1. The molecule has 0 saturated carbocycles. The summed E-state index contributed by atoms with van der Waals surface area (Å²) >= 11 is 1.25. The van der Waals surface area contributed by atoms with Crippen LogP contribution in [0.25, 0.3) is 10.7 Å². The van der Waals surface area contributed by atoms with Crippen LogP contribution in [0.5, 0.6) is 0 Å². The lowest BCUT2D eigenvalue weighted by Crippen LogP contribution is -2.23. The van der Waals surface area contributed by atoms with E-state index in [9.17, 15) is 13.2 Å². The van der Waals surface area contributed by atoms with Crippen molar-refractivity contribution in [2.45, 2.75) is 19.1 Å². The second-order valence-electron chi connectivity index (χ2n) is 5.80. The summed E-state index contributed by atoms with van der Waals surface area (Å²) < 4.78 is 42.4. The van der Waals surface area contributed by atoms with E-state index in [1.54, 1.807) is 49.3 Å². The van der Waals surface area contributed by atoms with Crippen molar-refractivity contribution in [1.29, 1.82) is 0 Å². The molecule has 1 unspecified atom stereocenters. The van der Waals surface area contributed by atoms with Gasteiger partial charge < -0.3 is 9.42 Å². The summed E-state index contributed by atoms with van der Waals surface area (Å²) in [6.07, 6.45) is 4.73. The third-order valence-corrected chi connectivity index (χ3v) is 5.16. The molecule has 0 aliphatic heterocycles. The summed E-state index contributed by atoms with van der Waals surface area (Å²) in [4.78, 5) is 23.4. The molecule has 4 rings (SSSR count). The Hall–Kier alpha value is -3.41. The highest BCUT2D eigenvalue weighted by Crippen LogP contribution is 2.38. The quantitative estimate of drug-likeness (QED) is 0.473. The van der Waals surface area contributed by atoms with Crippen LogP contribution in [-0.2, 0) is 6.18 Å². The summed E-state index contributed by atoms with van der Waals surface area (Å²) in [7, 11) is 0. The van der Waals surface area contributed by atoms with Gasteiger partial charge in [-0.3, -0.25) is 9.97 Å². The molecule has 4 aromatic heterocycles. The Labute approximate surface area is 166 Å². The van der Waals surface area contributed by atoms with Gasteiger partial charge in [0.2, 0.25) is 5.82 Å². The molecule has 0 fully saturated rings. The first kappa shape index (κ1) is 18.9. The second-order valence-corrected chi connectivity index (χ2v) is 6.91. The van der Waals surface area contributed by atoms with E-state index in [1.165, 1.54) is 11.3 Å². The number of hydrogen-bond donors (Lipinski definition) is 0. The first-order valence-electron chi connectivity index (χ1n) is 8.26. The molecule has 1 atom stereocenters. The second kappa shape index (κ2) is 7.54. The van der Waals surface area contributed by atoms with Gasteiger partial charge in [0.1, 0.15) is 0 Å². The van der Waals surface area contributed by atoms with E-state index in [4.69, 9.17) is 0 Å². The topological polar surface area (TPSA) is 93.7 Å². The molecule has 0 spiro atoms. The van der Waals surface area contributed by atoms with Gasteiger partial charge in [-0.25, -0.2) is 9.97 Å². The Kier molecular flexibility index (Phi) is 4.92. The zero-order valence-corrected chi connectivity index (χ0v) is 15.6. The largest absolute Gasteiger partial charge is 0.471 e. The molecule has 29 heavy (non-hydrogen) atoms. The molecular formula is C17H12F3N7OS. The van der Waals surface area contributed by atoms with Crippen LogP contribution in [0, 0.1) is 0 Å². The lowest BCUT2D eigenvalue weighted by molar-refractivity contribution is -0.159. The molecule has 0 amide bonds. The van der Waals surface area contributed by atoms with Crippen LogP contribution < -0.4 is 4.90 Å². The summed E-state index contributed by atoms with van der Waals surface area (Å²) in [5, 5.41) is 3.43. The standard InChI is InChI=1S/C17H12F3N7OS/c1-10(27(13-8-21-4-6-23-13)14-9-22-5-7-24-14)11-2-3-12(29-11)15-25-16(28-26-15)17(18,19)20/h2-10H,1H3. The van der Waals surface area contributed by atoms with Crippen LogP contribution >= 0.6 is 11.3 Å². The molecule has 8 nitrogen and oxygen atoms in total. The minimum atomic E-state index is -4.69. The molecule has 0 saturated heterocycles. The highest BCUT2D eigenvalue weighted by Gasteiger charge is 2.38. The summed E-state index contributed by atoms with van der Waals surface area (Å²) in [5.74, 6) is -0.397. The Balaban J connectivity index is 1.67. The lowest BCUT2D eigenvalue weighted by atomic mass is 10.2. The van der Waals surface area contributed by atoms with Crippen LogP contribution in [-0.4, -0.2) is 30.1 Å². The zero-order valence-electron chi connectivity index (χ0n) is 14.8. The third kappa shape index (κ3) is 3.92. The molecule has 12 heteroatoms. The van der Waals surface area contributed by atoms with Gasteiger partial charge in [0, 0.05) is 29.7 Å². The van der Waals surface area contributed by atoms with E-state index < -0.39 is 12.1 Å². The maximum absolute atomic E-state index is 12.7. The van der Waals surface area contributed by atoms with Gasteiger partial charge in [-0.1, -0.05) is 5.16 Å². The molecule has 0 bridgehead atoms. The molecule has 0 radical (unpaired) electrons. The Morgan fingerprint density at radius 2 is 1.66 bits per heavy atom. The normalized spacial score (nSPS) is 12.7. The lowest BCUT2D eigenvalue weighted by Gasteiger charge is -2.28. The van der Waals surface area contributed by atoms with Crippen LogP contribution in [0.15, 0.2) is 53.8 Å². The summed E-state index contributed by atoms with van der Waals surface area (Å²) in [6, 6.07) is 3.16. The Morgan fingerprint density at radius 1 is 1.00 bits per heavy atom. The number of anilines is 2.